The molecular weight excluding hydrogens is 238 g/mol. The topological polar surface area (TPSA) is 84.9 Å². The Bertz CT molecular complexity index is 326. The van der Waals surface area contributed by atoms with Crippen LogP contribution in [0.2, 0.25) is 0 Å². The van der Waals surface area contributed by atoms with Gasteiger partial charge in [0.05, 0.1) is 12.1 Å². The number of carboxylic acid groups (broad SMARTS) is 1. The summed E-state index contributed by atoms with van der Waals surface area (Å²) in [4.78, 5) is 22.6. The van der Waals surface area contributed by atoms with Crippen LogP contribution in [0, 0.1) is 0 Å². The lowest BCUT2D eigenvalue weighted by Gasteiger charge is -2.21. The molecule has 0 radical (unpaired) electrons. The third-order valence-electron chi connectivity index (χ3n) is 3.48. The second-order valence-corrected chi connectivity index (χ2v) is 4.88. The van der Waals surface area contributed by atoms with Crippen LogP contribution in [0.25, 0.3) is 0 Å². The van der Waals surface area contributed by atoms with Gasteiger partial charge in [-0.15, -0.1) is 0 Å². The summed E-state index contributed by atoms with van der Waals surface area (Å²) in [7, 11) is 0. The van der Waals surface area contributed by atoms with Gasteiger partial charge in [-0.1, -0.05) is 0 Å². The van der Waals surface area contributed by atoms with Gasteiger partial charge in [0.15, 0.2) is 6.10 Å². The van der Waals surface area contributed by atoms with Gasteiger partial charge < -0.3 is 19.9 Å². The van der Waals surface area contributed by atoms with Gasteiger partial charge in [-0.3, -0.25) is 4.79 Å². The van der Waals surface area contributed by atoms with Crippen molar-refractivity contribution >= 4 is 11.9 Å². The van der Waals surface area contributed by atoms with Gasteiger partial charge in [0, 0.05) is 6.61 Å². The normalized spacial score (nSPS) is 33.3. The van der Waals surface area contributed by atoms with Gasteiger partial charge in [-0.25, -0.2) is 4.79 Å². The molecule has 6 heteroatoms. The number of hydrogen-bond acceptors (Lipinski definition) is 4. The predicted molar refractivity (Wildman–Crippen MR) is 62.1 cm³/mol. The van der Waals surface area contributed by atoms with Crippen LogP contribution >= 0.6 is 0 Å². The summed E-state index contributed by atoms with van der Waals surface area (Å²) in [6.45, 7) is 2.64. The SMILES string of the molecule is CC(NC(=O)C1CCC(C(=O)O)O1)C1CCCO1. The minimum absolute atomic E-state index is 0.0608. The second-order valence-electron chi connectivity index (χ2n) is 4.88. The van der Waals surface area contributed by atoms with Crippen molar-refractivity contribution in [2.24, 2.45) is 0 Å². The molecule has 0 bridgehead atoms. The number of carbonyl (C=O) groups excluding carboxylic acids is 1. The van der Waals surface area contributed by atoms with Gasteiger partial charge in [0.1, 0.15) is 6.10 Å². The third-order valence-corrected chi connectivity index (χ3v) is 3.48. The largest absolute Gasteiger partial charge is 0.479 e. The Morgan fingerprint density at radius 1 is 1.28 bits per heavy atom. The molecular formula is C12H19NO5. The first-order chi connectivity index (χ1) is 8.58. The maximum atomic E-state index is 11.9. The summed E-state index contributed by atoms with van der Waals surface area (Å²) in [6.07, 6.45) is 1.39. The van der Waals surface area contributed by atoms with Crippen molar-refractivity contribution in [3.05, 3.63) is 0 Å². The molecule has 2 heterocycles. The van der Waals surface area contributed by atoms with Gasteiger partial charge in [0.2, 0.25) is 5.91 Å². The Morgan fingerprint density at radius 3 is 2.56 bits per heavy atom. The van der Waals surface area contributed by atoms with E-state index in [4.69, 9.17) is 14.6 Å². The number of rotatable bonds is 4. The highest BCUT2D eigenvalue weighted by Crippen LogP contribution is 2.21. The fourth-order valence-electron chi connectivity index (χ4n) is 2.42. The predicted octanol–water partition coefficient (Wildman–Crippen LogP) is 0.302. The molecule has 2 aliphatic heterocycles. The summed E-state index contributed by atoms with van der Waals surface area (Å²) in [5.74, 6) is -1.24. The Labute approximate surface area is 106 Å². The van der Waals surface area contributed by atoms with Crippen LogP contribution in [0.1, 0.15) is 32.6 Å². The Kier molecular flexibility index (Phi) is 4.19. The van der Waals surface area contributed by atoms with Crippen molar-refractivity contribution in [1.29, 1.82) is 0 Å². The van der Waals surface area contributed by atoms with Gasteiger partial charge in [-0.05, 0) is 32.6 Å². The van der Waals surface area contributed by atoms with E-state index in [-0.39, 0.29) is 18.1 Å². The van der Waals surface area contributed by atoms with Crippen LogP contribution in [0.3, 0.4) is 0 Å². The van der Waals surface area contributed by atoms with Crippen LogP contribution in [-0.4, -0.2) is 47.9 Å². The lowest BCUT2D eigenvalue weighted by molar-refractivity contribution is -0.152. The number of nitrogens with one attached hydrogen (secondary N) is 1. The molecule has 2 rings (SSSR count). The summed E-state index contributed by atoms with van der Waals surface area (Å²) in [5, 5.41) is 11.6. The van der Waals surface area contributed by atoms with Crippen molar-refractivity contribution in [2.75, 3.05) is 6.61 Å². The van der Waals surface area contributed by atoms with Crippen molar-refractivity contribution in [1.82, 2.24) is 5.32 Å². The van der Waals surface area contributed by atoms with E-state index in [1.54, 1.807) is 0 Å². The van der Waals surface area contributed by atoms with E-state index in [1.807, 2.05) is 6.92 Å². The molecule has 102 valence electrons. The monoisotopic (exact) mass is 257 g/mol. The molecule has 2 aliphatic rings. The standard InChI is InChI=1S/C12H19NO5/c1-7(8-3-2-6-17-8)13-11(14)9-4-5-10(18-9)12(15)16/h7-10H,2-6H2,1H3,(H,13,14)(H,15,16). The van der Waals surface area contributed by atoms with E-state index in [2.05, 4.69) is 5.32 Å². The van der Waals surface area contributed by atoms with E-state index >= 15 is 0 Å². The number of aliphatic carboxylic acids is 1. The molecule has 0 aromatic rings. The molecule has 0 aliphatic carbocycles. The zero-order valence-corrected chi connectivity index (χ0v) is 10.4. The summed E-state index contributed by atoms with van der Waals surface area (Å²) < 4.78 is 10.7. The second kappa shape index (κ2) is 5.67. The van der Waals surface area contributed by atoms with Gasteiger partial charge in [-0.2, -0.15) is 0 Å². The Balaban J connectivity index is 1.79. The first-order valence-corrected chi connectivity index (χ1v) is 6.38. The fraction of sp³-hybridized carbons (Fsp3) is 0.833. The van der Waals surface area contributed by atoms with Crippen LogP contribution in [0.5, 0.6) is 0 Å². The van der Waals surface area contributed by atoms with E-state index < -0.39 is 18.2 Å². The average molecular weight is 257 g/mol. The minimum atomic E-state index is -1.00. The van der Waals surface area contributed by atoms with Gasteiger partial charge in [0.25, 0.3) is 0 Å². The zero-order valence-electron chi connectivity index (χ0n) is 10.4. The number of carboxylic acids is 1. The fourth-order valence-corrected chi connectivity index (χ4v) is 2.42. The molecule has 1 amide bonds. The maximum Gasteiger partial charge on any atom is 0.332 e. The molecule has 0 spiro atoms. The summed E-state index contributed by atoms with van der Waals surface area (Å²) in [6, 6.07) is -0.0625. The van der Waals surface area contributed by atoms with Crippen LogP contribution in [0.4, 0.5) is 0 Å². The molecule has 4 unspecified atom stereocenters. The Morgan fingerprint density at radius 2 is 2.00 bits per heavy atom. The van der Waals surface area contributed by atoms with E-state index in [0.29, 0.717) is 12.8 Å². The zero-order chi connectivity index (χ0) is 13.1. The smallest absolute Gasteiger partial charge is 0.332 e. The van der Waals surface area contributed by atoms with E-state index in [0.717, 1.165) is 19.4 Å². The van der Waals surface area contributed by atoms with Crippen LogP contribution in [0.15, 0.2) is 0 Å². The maximum absolute atomic E-state index is 11.9. The van der Waals surface area contributed by atoms with Crippen LogP contribution < -0.4 is 5.32 Å². The number of carbonyl (C=O) groups is 2. The molecule has 18 heavy (non-hydrogen) atoms. The summed E-state index contributed by atoms with van der Waals surface area (Å²) in [5.41, 5.74) is 0. The molecule has 0 saturated carbocycles. The van der Waals surface area contributed by atoms with E-state index in [1.165, 1.54) is 0 Å². The molecule has 2 fully saturated rings. The highest BCUT2D eigenvalue weighted by Gasteiger charge is 2.36. The molecule has 2 N–H and O–H groups in total. The quantitative estimate of drug-likeness (QED) is 0.756. The number of ether oxygens (including phenoxy) is 2. The number of amides is 1. The first-order valence-electron chi connectivity index (χ1n) is 6.38. The van der Waals surface area contributed by atoms with Gasteiger partial charge >= 0.3 is 5.97 Å². The van der Waals surface area contributed by atoms with Crippen LogP contribution in [-0.2, 0) is 19.1 Å². The number of hydrogen-bond donors (Lipinski definition) is 2. The minimum Gasteiger partial charge on any atom is -0.479 e. The third kappa shape index (κ3) is 3.00. The molecule has 0 aromatic carbocycles. The first kappa shape index (κ1) is 13.3. The van der Waals surface area contributed by atoms with Crippen molar-refractivity contribution in [2.45, 2.75) is 57.0 Å². The molecule has 4 atom stereocenters. The Hall–Kier alpha value is -1.14. The highest BCUT2D eigenvalue weighted by atomic mass is 16.5. The lowest BCUT2D eigenvalue weighted by Crippen LogP contribution is -2.45. The average Bonchev–Trinajstić information content (AvgIpc) is 3.00. The van der Waals surface area contributed by atoms with E-state index in [9.17, 15) is 9.59 Å². The van der Waals surface area contributed by atoms with Crippen molar-refractivity contribution in [3.8, 4) is 0 Å². The summed E-state index contributed by atoms with van der Waals surface area (Å²) >= 11 is 0. The molecule has 6 nitrogen and oxygen atoms in total. The van der Waals surface area contributed by atoms with Crippen molar-refractivity contribution in [3.63, 3.8) is 0 Å². The molecule has 0 aromatic heterocycles. The lowest BCUT2D eigenvalue weighted by atomic mass is 10.1. The molecule has 2 saturated heterocycles. The van der Waals surface area contributed by atoms with Crippen molar-refractivity contribution < 1.29 is 24.2 Å². The highest BCUT2D eigenvalue weighted by molar-refractivity contribution is 5.82.